The number of benzene rings is 1. The number of aliphatic hydroxyl groups is 1. The van der Waals surface area contributed by atoms with Gasteiger partial charge < -0.3 is 5.11 Å². The van der Waals surface area contributed by atoms with Crippen molar-refractivity contribution in [2.24, 2.45) is 5.92 Å². The summed E-state index contributed by atoms with van der Waals surface area (Å²) in [5, 5.41) is 12.5. The van der Waals surface area contributed by atoms with Crippen LogP contribution in [0.1, 0.15) is 30.2 Å². The summed E-state index contributed by atoms with van der Waals surface area (Å²) in [4.78, 5) is 19.7. The second kappa shape index (κ2) is 7.07. The summed E-state index contributed by atoms with van der Waals surface area (Å²) < 4.78 is 1.58. The van der Waals surface area contributed by atoms with Crippen molar-refractivity contribution in [1.29, 1.82) is 0 Å². The number of hydrogen-bond acceptors (Lipinski definition) is 5. The Labute approximate surface area is 150 Å². The van der Waals surface area contributed by atoms with Crippen molar-refractivity contribution >= 4 is 16.3 Å². The van der Waals surface area contributed by atoms with E-state index in [-0.39, 0.29) is 11.5 Å². The van der Waals surface area contributed by atoms with Crippen molar-refractivity contribution in [3.8, 4) is 0 Å². The molecular weight excluding hydrogens is 334 g/mol. The summed E-state index contributed by atoms with van der Waals surface area (Å²) in [7, 11) is 0. The van der Waals surface area contributed by atoms with Gasteiger partial charge in [0.15, 0.2) is 4.96 Å². The quantitative estimate of drug-likeness (QED) is 0.782. The number of hydrogen-bond donors (Lipinski definition) is 1. The smallest absolute Gasteiger partial charge is 0.258 e. The molecule has 0 aliphatic carbocycles. The molecule has 1 saturated heterocycles. The van der Waals surface area contributed by atoms with Crippen molar-refractivity contribution in [1.82, 2.24) is 14.3 Å². The van der Waals surface area contributed by atoms with E-state index in [1.54, 1.807) is 16.7 Å². The summed E-state index contributed by atoms with van der Waals surface area (Å²) in [6.07, 6.45) is 3.27. The fraction of sp³-hybridized carbons (Fsp3) is 0.368. The zero-order valence-corrected chi connectivity index (χ0v) is 14.7. The Morgan fingerprint density at radius 1 is 1.24 bits per heavy atom. The Balaban J connectivity index is 1.39. The third-order valence-electron chi connectivity index (χ3n) is 4.96. The predicted octanol–water partition coefficient (Wildman–Crippen LogP) is 2.70. The summed E-state index contributed by atoms with van der Waals surface area (Å²) >= 11 is 1.48. The van der Waals surface area contributed by atoms with E-state index in [4.69, 9.17) is 0 Å². The lowest BCUT2D eigenvalue weighted by atomic mass is 9.87. The first-order chi connectivity index (χ1) is 12.2. The average Bonchev–Trinajstić information content (AvgIpc) is 3.12. The van der Waals surface area contributed by atoms with Crippen LogP contribution in [0.25, 0.3) is 4.96 Å². The molecule has 1 aliphatic heterocycles. The molecule has 3 heterocycles. The lowest BCUT2D eigenvalue weighted by molar-refractivity contribution is 0.0564. The number of rotatable bonds is 4. The molecule has 5 nitrogen and oxygen atoms in total. The van der Waals surface area contributed by atoms with E-state index in [9.17, 15) is 9.90 Å². The molecule has 6 heteroatoms. The first-order valence-electron chi connectivity index (χ1n) is 8.62. The maximum Gasteiger partial charge on any atom is 0.258 e. The largest absolute Gasteiger partial charge is 0.388 e. The van der Waals surface area contributed by atoms with E-state index in [0.29, 0.717) is 6.54 Å². The van der Waals surface area contributed by atoms with Gasteiger partial charge in [0, 0.05) is 24.2 Å². The number of aliphatic hydroxyl groups excluding tert-OH is 1. The van der Waals surface area contributed by atoms with Crippen LogP contribution in [0, 0.1) is 5.92 Å². The van der Waals surface area contributed by atoms with Crippen LogP contribution in [0.15, 0.2) is 52.8 Å². The Hall–Kier alpha value is -2.02. The number of nitrogens with zero attached hydrogens (tertiary/aromatic N) is 3. The normalized spacial score (nSPS) is 17.8. The maximum absolute atomic E-state index is 12.1. The molecular formula is C19H21N3O2S. The molecule has 0 spiro atoms. The van der Waals surface area contributed by atoms with Crippen LogP contribution in [-0.2, 0) is 6.54 Å². The number of piperidine rings is 1. The molecule has 1 N–H and O–H groups in total. The van der Waals surface area contributed by atoms with Crippen molar-refractivity contribution < 1.29 is 5.11 Å². The fourth-order valence-corrected chi connectivity index (χ4v) is 4.29. The second-order valence-electron chi connectivity index (χ2n) is 6.61. The summed E-state index contributed by atoms with van der Waals surface area (Å²) in [5.41, 5.74) is 1.81. The van der Waals surface area contributed by atoms with Gasteiger partial charge in [0.2, 0.25) is 0 Å². The van der Waals surface area contributed by atoms with Crippen molar-refractivity contribution in [2.45, 2.75) is 25.5 Å². The van der Waals surface area contributed by atoms with Crippen LogP contribution in [0.5, 0.6) is 0 Å². The van der Waals surface area contributed by atoms with E-state index >= 15 is 0 Å². The molecule has 1 aromatic carbocycles. The number of likely N-dealkylation sites (tertiary alicyclic amines) is 1. The number of thiazole rings is 1. The van der Waals surface area contributed by atoms with Crippen LogP contribution in [0.4, 0.5) is 0 Å². The molecule has 4 rings (SSSR count). The van der Waals surface area contributed by atoms with Crippen LogP contribution >= 0.6 is 11.3 Å². The summed E-state index contributed by atoms with van der Waals surface area (Å²) in [6, 6.07) is 11.5. The SMILES string of the molecule is O=c1cc(CN2CCC(C(O)c3ccccc3)CC2)nc2sccn12. The van der Waals surface area contributed by atoms with Crippen LogP contribution in [0.3, 0.4) is 0 Å². The van der Waals surface area contributed by atoms with E-state index in [0.717, 1.165) is 42.1 Å². The number of fused-ring (bicyclic) bond motifs is 1. The van der Waals surface area contributed by atoms with Gasteiger partial charge in [-0.25, -0.2) is 4.98 Å². The second-order valence-corrected chi connectivity index (χ2v) is 7.48. The first-order valence-corrected chi connectivity index (χ1v) is 9.50. The molecule has 2 aromatic heterocycles. The summed E-state index contributed by atoms with van der Waals surface area (Å²) in [5.74, 6) is 0.289. The van der Waals surface area contributed by atoms with Gasteiger partial charge in [-0.2, -0.15) is 0 Å². The van der Waals surface area contributed by atoms with Gasteiger partial charge in [0.25, 0.3) is 5.56 Å². The lowest BCUT2D eigenvalue weighted by Gasteiger charge is -2.34. The minimum Gasteiger partial charge on any atom is -0.388 e. The molecule has 25 heavy (non-hydrogen) atoms. The van der Waals surface area contributed by atoms with Crippen LogP contribution < -0.4 is 5.56 Å². The topological polar surface area (TPSA) is 57.8 Å². The molecule has 0 saturated carbocycles. The standard InChI is InChI=1S/C19H21N3O2S/c23-17-12-16(20-19-22(17)10-11-25-19)13-21-8-6-15(7-9-21)18(24)14-4-2-1-3-5-14/h1-5,10-12,15,18,24H,6-9,13H2. The van der Waals surface area contributed by atoms with Gasteiger partial charge in [0.1, 0.15) is 0 Å². The van der Waals surface area contributed by atoms with Crippen molar-refractivity contribution in [3.63, 3.8) is 0 Å². The molecule has 1 unspecified atom stereocenters. The Morgan fingerprint density at radius 3 is 2.76 bits per heavy atom. The van der Waals surface area contributed by atoms with Gasteiger partial charge in [-0.15, -0.1) is 11.3 Å². The maximum atomic E-state index is 12.1. The molecule has 0 radical (unpaired) electrons. The minimum absolute atomic E-state index is 0.0179. The zero-order chi connectivity index (χ0) is 17.2. The van der Waals surface area contributed by atoms with Crippen molar-refractivity contribution in [2.75, 3.05) is 13.1 Å². The zero-order valence-electron chi connectivity index (χ0n) is 13.9. The van der Waals surface area contributed by atoms with Gasteiger partial charge in [-0.1, -0.05) is 30.3 Å². The number of aromatic nitrogens is 2. The van der Waals surface area contributed by atoms with Gasteiger partial charge in [0.05, 0.1) is 11.8 Å². The van der Waals surface area contributed by atoms with Crippen LogP contribution in [0.2, 0.25) is 0 Å². The Bertz CT molecular complexity index is 898. The molecule has 3 aromatic rings. The van der Waals surface area contributed by atoms with Gasteiger partial charge >= 0.3 is 0 Å². The monoisotopic (exact) mass is 355 g/mol. The average molecular weight is 355 g/mol. The lowest BCUT2D eigenvalue weighted by Crippen LogP contribution is -2.35. The van der Waals surface area contributed by atoms with Crippen molar-refractivity contribution in [3.05, 3.63) is 69.6 Å². The summed E-state index contributed by atoms with van der Waals surface area (Å²) in [6.45, 7) is 2.53. The molecule has 1 atom stereocenters. The highest BCUT2D eigenvalue weighted by Gasteiger charge is 2.26. The predicted molar refractivity (Wildman–Crippen MR) is 98.7 cm³/mol. The van der Waals surface area contributed by atoms with Gasteiger partial charge in [-0.05, 0) is 37.4 Å². The molecule has 0 bridgehead atoms. The van der Waals surface area contributed by atoms with E-state index in [1.165, 1.54) is 11.3 Å². The third kappa shape index (κ3) is 3.51. The highest BCUT2D eigenvalue weighted by atomic mass is 32.1. The van der Waals surface area contributed by atoms with E-state index < -0.39 is 6.10 Å². The van der Waals surface area contributed by atoms with Gasteiger partial charge in [-0.3, -0.25) is 14.1 Å². The molecule has 1 fully saturated rings. The minimum atomic E-state index is -0.395. The Kier molecular flexibility index (Phi) is 4.65. The van der Waals surface area contributed by atoms with E-state index in [1.807, 2.05) is 35.7 Å². The third-order valence-corrected chi connectivity index (χ3v) is 5.72. The Morgan fingerprint density at radius 2 is 2.00 bits per heavy atom. The highest BCUT2D eigenvalue weighted by Crippen LogP contribution is 2.30. The van der Waals surface area contributed by atoms with Crippen LogP contribution in [-0.4, -0.2) is 32.5 Å². The molecule has 130 valence electrons. The highest BCUT2D eigenvalue weighted by molar-refractivity contribution is 7.15. The first kappa shape index (κ1) is 16.4. The fourth-order valence-electron chi connectivity index (χ4n) is 3.55. The molecule has 1 aliphatic rings. The van der Waals surface area contributed by atoms with E-state index in [2.05, 4.69) is 9.88 Å². The molecule has 0 amide bonds.